The number of carbonyl (C=O) groups is 1. The number of hydrogen-bond acceptors (Lipinski definition) is 5. The summed E-state index contributed by atoms with van der Waals surface area (Å²) in [6.45, 7) is 0.703. The van der Waals surface area contributed by atoms with E-state index in [1.165, 1.54) is 27.8 Å². The van der Waals surface area contributed by atoms with E-state index in [1.807, 2.05) is 66.7 Å². The highest BCUT2D eigenvalue weighted by Gasteiger charge is 2.31. The van der Waals surface area contributed by atoms with Crippen LogP contribution in [0.3, 0.4) is 0 Å². The van der Waals surface area contributed by atoms with E-state index >= 15 is 0 Å². The summed E-state index contributed by atoms with van der Waals surface area (Å²) in [6, 6.07) is 28.9. The van der Waals surface area contributed by atoms with Gasteiger partial charge in [-0.2, -0.15) is 0 Å². The van der Waals surface area contributed by atoms with E-state index in [9.17, 15) is 13.2 Å². The smallest absolute Gasteiger partial charge is 0.264 e. The Morgan fingerprint density at radius 1 is 0.921 bits per heavy atom. The number of benzene rings is 4. The molecule has 0 radical (unpaired) electrons. The third kappa shape index (κ3) is 4.45. The lowest BCUT2D eigenvalue weighted by Gasteiger charge is -2.21. The average Bonchev–Trinajstić information content (AvgIpc) is 3.58. The molecule has 38 heavy (non-hydrogen) atoms. The predicted octanol–water partition coefficient (Wildman–Crippen LogP) is 6.55. The van der Waals surface area contributed by atoms with E-state index in [1.54, 1.807) is 23.1 Å². The molecule has 0 fully saturated rings. The molecule has 0 bridgehead atoms. The molecule has 190 valence electrons. The highest BCUT2D eigenvalue weighted by atomic mass is 35.5. The number of sulfonamides is 1. The lowest BCUT2D eigenvalue weighted by Crippen LogP contribution is -2.31. The number of carbonyl (C=O) groups excluding carboxylic acids is 1. The van der Waals surface area contributed by atoms with Crippen molar-refractivity contribution in [2.24, 2.45) is 0 Å². The van der Waals surface area contributed by atoms with E-state index < -0.39 is 10.0 Å². The molecule has 1 aliphatic heterocycles. The lowest BCUT2D eigenvalue weighted by molar-refractivity contribution is 0.0985. The van der Waals surface area contributed by atoms with E-state index in [0.29, 0.717) is 46.4 Å². The number of rotatable bonds is 6. The number of anilines is 2. The number of halogens is 1. The molecule has 0 aliphatic carbocycles. The summed E-state index contributed by atoms with van der Waals surface area (Å²) in [5.41, 5.74) is 3.67. The van der Waals surface area contributed by atoms with Crippen molar-refractivity contribution < 1.29 is 13.2 Å². The van der Waals surface area contributed by atoms with Crippen LogP contribution in [-0.4, -0.2) is 25.9 Å². The zero-order chi connectivity index (χ0) is 26.3. The molecule has 0 unspecified atom stereocenters. The summed E-state index contributed by atoms with van der Waals surface area (Å²) in [6.07, 6.45) is 0.673. The fourth-order valence-electron chi connectivity index (χ4n) is 4.62. The molecule has 5 aromatic rings. The molecule has 0 spiro atoms. The van der Waals surface area contributed by atoms with Crippen LogP contribution in [-0.2, 0) is 23.0 Å². The van der Waals surface area contributed by atoms with Crippen LogP contribution in [0.1, 0.15) is 21.5 Å². The molecule has 0 N–H and O–H groups in total. The first-order valence-corrected chi connectivity index (χ1v) is 14.7. The minimum atomic E-state index is -3.75. The van der Waals surface area contributed by atoms with Crippen molar-refractivity contribution in [3.63, 3.8) is 0 Å². The Morgan fingerprint density at radius 3 is 2.42 bits per heavy atom. The Balaban J connectivity index is 1.33. The quantitative estimate of drug-likeness (QED) is 0.236. The van der Waals surface area contributed by atoms with Gasteiger partial charge in [-0.1, -0.05) is 77.5 Å². The minimum absolute atomic E-state index is 0.145. The van der Waals surface area contributed by atoms with Crippen LogP contribution >= 0.6 is 22.9 Å². The monoisotopic (exact) mass is 559 g/mol. The fraction of sp³-hybridized carbons (Fsp3) is 0.103. The van der Waals surface area contributed by atoms with Gasteiger partial charge in [0.05, 0.1) is 26.9 Å². The van der Waals surface area contributed by atoms with Crippen molar-refractivity contribution in [1.29, 1.82) is 0 Å². The van der Waals surface area contributed by atoms with Crippen LogP contribution in [0, 0.1) is 0 Å². The SMILES string of the molecule is O=C(c1ccc(S(=O)(=O)N2CCc3ccccc32)cc1)N(Cc1ccccc1)c1nc2c(Cl)cccc2s1. The van der Waals surface area contributed by atoms with Crippen molar-refractivity contribution in [2.45, 2.75) is 17.9 Å². The van der Waals surface area contributed by atoms with Crippen molar-refractivity contribution in [3.8, 4) is 0 Å². The van der Waals surface area contributed by atoms with Gasteiger partial charge in [0.25, 0.3) is 15.9 Å². The van der Waals surface area contributed by atoms with Gasteiger partial charge in [-0.05, 0) is 60.0 Å². The maximum atomic E-state index is 13.8. The molecular formula is C29H22ClN3O3S2. The maximum Gasteiger partial charge on any atom is 0.264 e. The second-order valence-electron chi connectivity index (χ2n) is 8.94. The fourth-order valence-corrected chi connectivity index (χ4v) is 7.39. The van der Waals surface area contributed by atoms with Gasteiger partial charge in [-0.15, -0.1) is 0 Å². The first-order valence-electron chi connectivity index (χ1n) is 12.0. The van der Waals surface area contributed by atoms with Crippen LogP contribution in [0.2, 0.25) is 5.02 Å². The predicted molar refractivity (Wildman–Crippen MR) is 153 cm³/mol. The Bertz CT molecular complexity index is 1750. The van der Waals surface area contributed by atoms with Gasteiger partial charge in [0.15, 0.2) is 5.13 Å². The molecule has 0 saturated heterocycles. The molecule has 2 heterocycles. The number of hydrogen-bond donors (Lipinski definition) is 0. The van der Waals surface area contributed by atoms with Crippen LogP contribution < -0.4 is 9.21 Å². The Kier molecular flexibility index (Phi) is 6.39. The number of fused-ring (bicyclic) bond motifs is 2. The molecule has 4 aromatic carbocycles. The average molecular weight is 560 g/mol. The van der Waals surface area contributed by atoms with Gasteiger partial charge in [0.2, 0.25) is 0 Å². The number of thiazole rings is 1. The third-order valence-electron chi connectivity index (χ3n) is 6.55. The molecule has 0 saturated carbocycles. The molecule has 1 aliphatic rings. The summed E-state index contributed by atoms with van der Waals surface area (Å²) in [5, 5.41) is 1.04. The Labute approximate surface area is 229 Å². The van der Waals surface area contributed by atoms with Crippen LogP contribution in [0.4, 0.5) is 10.8 Å². The summed E-state index contributed by atoms with van der Waals surface area (Å²) in [7, 11) is -3.75. The van der Waals surface area contributed by atoms with Crippen molar-refractivity contribution >= 4 is 59.9 Å². The van der Waals surface area contributed by atoms with Crippen LogP contribution in [0.5, 0.6) is 0 Å². The van der Waals surface area contributed by atoms with Crippen LogP contribution in [0.25, 0.3) is 10.2 Å². The molecule has 0 atom stereocenters. The largest absolute Gasteiger partial charge is 0.279 e. The summed E-state index contributed by atoms with van der Waals surface area (Å²) < 4.78 is 29.1. The van der Waals surface area contributed by atoms with Gasteiger partial charge >= 0.3 is 0 Å². The third-order valence-corrected chi connectivity index (χ3v) is 9.73. The van der Waals surface area contributed by atoms with Gasteiger partial charge in [-0.3, -0.25) is 14.0 Å². The van der Waals surface area contributed by atoms with Crippen LogP contribution in [0.15, 0.2) is 102 Å². The van der Waals surface area contributed by atoms with Gasteiger partial charge < -0.3 is 0 Å². The van der Waals surface area contributed by atoms with Crippen molar-refractivity contribution in [2.75, 3.05) is 15.7 Å². The lowest BCUT2D eigenvalue weighted by atomic mass is 10.1. The van der Waals surface area contributed by atoms with E-state index in [-0.39, 0.29) is 10.8 Å². The summed E-state index contributed by atoms with van der Waals surface area (Å²) in [4.78, 5) is 20.2. The molecule has 9 heteroatoms. The molecule has 6 rings (SSSR count). The van der Waals surface area contributed by atoms with Gasteiger partial charge in [-0.25, -0.2) is 13.4 Å². The van der Waals surface area contributed by atoms with Crippen molar-refractivity contribution in [1.82, 2.24) is 4.98 Å². The molecular weight excluding hydrogens is 538 g/mol. The zero-order valence-electron chi connectivity index (χ0n) is 20.1. The maximum absolute atomic E-state index is 13.8. The van der Waals surface area contributed by atoms with Gasteiger partial charge in [0, 0.05) is 12.1 Å². The Hall–Kier alpha value is -3.72. The number of amides is 1. The Morgan fingerprint density at radius 2 is 1.66 bits per heavy atom. The number of aromatic nitrogens is 1. The molecule has 6 nitrogen and oxygen atoms in total. The standard InChI is InChI=1S/C29H22ClN3O3S2/c30-24-10-6-12-26-27(24)31-29(37-26)32(19-20-7-2-1-3-8-20)28(34)22-13-15-23(16-14-22)38(35,36)33-18-17-21-9-4-5-11-25(21)33/h1-16H,17-19H2. The second-order valence-corrected chi connectivity index (χ2v) is 12.2. The normalized spacial score (nSPS) is 13.0. The number of nitrogens with zero attached hydrogens (tertiary/aromatic N) is 3. The highest BCUT2D eigenvalue weighted by Crippen LogP contribution is 2.35. The molecule has 1 amide bonds. The molecule has 1 aromatic heterocycles. The first kappa shape index (κ1) is 24.6. The van der Waals surface area contributed by atoms with E-state index in [0.717, 1.165) is 15.8 Å². The zero-order valence-corrected chi connectivity index (χ0v) is 22.5. The second kappa shape index (κ2) is 9.87. The van der Waals surface area contributed by atoms with E-state index in [4.69, 9.17) is 11.6 Å². The minimum Gasteiger partial charge on any atom is -0.279 e. The van der Waals surface area contributed by atoms with E-state index in [2.05, 4.69) is 4.98 Å². The van der Waals surface area contributed by atoms with Gasteiger partial charge in [0.1, 0.15) is 5.52 Å². The summed E-state index contributed by atoms with van der Waals surface area (Å²) >= 11 is 7.74. The first-order chi connectivity index (χ1) is 18.4. The highest BCUT2D eigenvalue weighted by molar-refractivity contribution is 7.92. The topological polar surface area (TPSA) is 70.6 Å². The van der Waals surface area contributed by atoms with Crippen molar-refractivity contribution in [3.05, 3.63) is 119 Å². The number of para-hydroxylation sites is 2. The summed E-state index contributed by atoms with van der Waals surface area (Å²) in [5.74, 6) is -0.278.